The van der Waals surface area contributed by atoms with Gasteiger partial charge in [0.05, 0.1) is 25.4 Å². The molecule has 0 amide bonds. The fourth-order valence-corrected chi connectivity index (χ4v) is 6.49. The van der Waals surface area contributed by atoms with Crippen LogP contribution in [0.25, 0.3) is 0 Å². The summed E-state index contributed by atoms with van der Waals surface area (Å²) in [7, 11) is 1.99. The molecule has 2 aliphatic heterocycles. The molecule has 2 unspecified atom stereocenters. The highest BCUT2D eigenvalue weighted by Crippen LogP contribution is 2.40. The second-order valence-electron chi connectivity index (χ2n) is 7.49. The van der Waals surface area contributed by atoms with Gasteiger partial charge in [0.1, 0.15) is 0 Å². The summed E-state index contributed by atoms with van der Waals surface area (Å²) < 4.78 is 12.3. The number of hydrogen-bond donors (Lipinski definition) is 2. The van der Waals surface area contributed by atoms with E-state index in [9.17, 15) is 0 Å². The average molecular weight is 407 g/mol. The summed E-state index contributed by atoms with van der Waals surface area (Å²) in [5, 5.41) is 9.23. The quantitative estimate of drug-likeness (QED) is 0.730. The molecular weight excluding hydrogens is 376 g/mol. The van der Waals surface area contributed by atoms with E-state index in [0.717, 1.165) is 45.7 Å². The van der Waals surface area contributed by atoms with Crippen LogP contribution in [0.2, 0.25) is 0 Å². The minimum Gasteiger partial charge on any atom is -0.372 e. The first kappa shape index (κ1) is 19.6. The molecule has 0 radical (unpaired) electrons. The van der Waals surface area contributed by atoms with Crippen LogP contribution in [-0.4, -0.2) is 39.9 Å². The predicted octanol–water partition coefficient (Wildman–Crippen LogP) is 3.96. The molecule has 0 saturated heterocycles. The third-order valence-corrected chi connectivity index (χ3v) is 8.23. The second kappa shape index (κ2) is 8.72. The molecule has 2 aromatic heterocycles. The van der Waals surface area contributed by atoms with E-state index >= 15 is 0 Å². The first-order valence-corrected chi connectivity index (χ1v) is 11.7. The molecule has 0 bridgehead atoms. The van der Waals surface area contributed by atoms with Gasteiger partial charge in [-0.3, -0.25) is 0 Å². The SMILES string of the molecule is CCc1cc2c(s1)C(CNCC1OCCc3scc(C)c31)CO[C@H]2CNC. The van der Waals surface area contributed by atoms with Crippen molar-refractivity contribution in [2.45, 2.75) is 44.8 Å². The van der Waals surface area contributed by atoms with Crippen LogP contribution < -0.4 is 10.6 Å². The molecule has 148 valence electrons. The second-order valence-corrected chi connectivity index (χ2v) is 9.62. The van der Waals surface area contributed by atoms with Crippen molar-refractivity contribution in [3.05, 3.63) is 42.8 Å². The molecule has 2 N–H and O–H groups in total. The number of nitrogens with one attached hydrogen (secondary N) is 2. The third kappa shape index (κ3) is 4.02. The first-order valence-electron chi connectivity index (χ1n) is 9.99. The lowest BCUT2D eigenvalue weighted by Crippen LogP contribution is -2.34. The van der Waals surface area contributed by atoms with Crippen molar-refractivity contribution in [1.29, 1.82) is 0 Å². The number of hydrogen-bond acceptors (Lipinski definition) is 6. The maximum absolute atomic E-state index is 6.20. The molecular formula is C21H30N2O2S2. The number of fused-ring (bicyclic) bond motifs is 2. The minimum absolute atomic E-state index is 0.190. The van der Waals surface area contributed by atoms with Gasteiger partial charge in [-0.05, 0) is 48.5 Å². The van der Waals surface area contributed by atoms with Gasteiger partial charge in [-0.25, -0.2) is 0 Å². The highest BCUT2D eigenvalue weighted by molar-refractivity contribution is 7.12. The molecule has 0 saturated carbocycles. The lowest BCUT2D eigenvalue weighted by Gasteiger charge is -2.30. The zero-order valence-corrected chi connectivity index (χ0v) is 18.1. The minimum atomic E-state index is 0.190. The van der Waals surface area contributed by atoms with E-state index in [1.165, 1.54) is 31.3 Å². The van der Waals surface area contributed by atoms with Gasteiger partial charge in [-0.1, -0.05) is 6.92 Å². The van der Waals surface area contributed by atoms with Crippen LogP contribution in [0.4, 0.5) is 0 Å². The summed E-state index contributed by atoms with van der Waals surface area (Å²) in [4.78, 5) is 4.49. The van der Waals surface area contributed by atoms with Gasteiger partial charge in [0, 0.05) is 46.6 Å². The number of aryl methyl sites for hydroxylation is 2. The molecule has 4 nitrogen and oxygen atoms in total. The van der Waals surface area contributed by atoms with Crippen LogP contribution in [0.1, 0.15) is 56.4 Å². The van der Waals surface area contributed by atoms with Crippen molar-refractivity contribution < 1.29 is 9.47 Å². The Labute approximate surface area is 170 Å². The van der Waals surface area contributed by atoms with Crippen molar-refractivity contribution in [3.8, 4) is 0 Å². The van der Waals surface area contributed by atoms with Gasteiger partial charge in [0.25, 0.3) is 0 Å². The Balaban J connectivity index is 1.41. The summed E-state index contributed by atoms with van der Waals surface area (Å²) in [5.74, 6) is 0.435. The van der Waals surface area contributed by atoms with Crippen molar-refractivity contribution in [3.63, 3.8) is 0 Å². The highest BCUT2D eigenvalue weighted by Gasteiger charge is 2.30. The van der Waals surface area contributed by atoms with E-state index in [1.54, 1.807) is 0 Å². The molecule has 4 rings (SSSR count). The Hall–Kier alpha value is -0.760. The number of ether oxygens (including phenoxy) is 2. The Morgan fingerprint density at radius 1 is 1.19 bits per heavy atom. The van der Waals surface area contributed by atoms with Crippen molar-refractivity contribution in [2.75, 3.05) is 39.9 Å². The van der Waals surface area contributed by atoms with Gasteiger partial charge in [0.15, 0.2) is 0 Å². The third-order valence-electron chi connectivity index (χ3n) is 5.59. The zero-order valence-electron chi connectivity index (χ0n) is 16.5. The van der Waals surface area contributed by atoms with Gasteiger partial charge in [-0.2, -0.15) is 0 Å². The van der Waals surface area contributed by atoms with Crippen LogP contribution >= 0.6 is 22.7 Å². The number of rotatable bonds is 7. The van der Waals surface area contributed by atoms with Crippen molar-refractivity contribution in [1.82, 2.24) is 10.6 Å². The van der Waals surface area contributed by atoms with Crippen LogP contribution in [0.15, 0.2) is 11.4 Å². The summed E-state index contributed by atoms with van der Waals surface area (Å²) >= 11 is 3.86. The van der Waals surface area contributed by atoms with Crippen molar-refractivity contribution >= 4 is 22.7 Å². The Morgan fingerprint density at radius 3 is 2.89 bits per heavy atom. The monoisotopic (exact) mass is 406 g/mol. The number of thiophene rings is 2. The number of likely N-dealkylation sites (N-methyl/N-ethyl adjacent to an activating group) is 1. The maximum Gasteiger partial charge on any atom is 0.0962 e. The molecule has 0 aliphatic carbocycles. The molecule has 2 aliphatic rings. The molecule has 2 aromatic rings. The maximum atomic E-state index is 6.20. The van der Waals surface area contributed by atoms with Gasteiger partial charge in [-0.15, -0.1) is 22.7 Å². The first-order chi connectivity index (χ1) is 13.2. The van der Waals surface area contributed by atoms with Gasteiger partial charge in [0.2, 0.25) is 0 Å². The van der Waals surface area contributed by atoms with Crippen LogP contribution in [0.3, 0.4) is 0 Å². The molecule has 0 aromatic carbocycles. The molecule has 3 atom stereocenters. The van der Waals surface area contributed by atoms with Crippen LogP contribution in [-0.2, 0) is 22.3 Å². The summed E-state index contributed by atoms with van der Waals surface area (Å²) in [6.07, 6.45) is 2.54. The Morgan fingerprint density at radius 2 is 2.07 bits per heavy atom. The van der Waals surface area contributed by atoms with Gasteiger partial charge < -0.3 is 20.1 Å². The average Bonchev–Trinajstić information content (AvgIpc) is 3.28. The summed E-state index contributed by atoms with van der Waals surface area (Å²) in [5.41, 5.74) is 4.21. The molecule has 0 fully saturated rings. The fourth-order valence-electron chi connectivity index (χ4n) is 4.18. The van der Waals surface area contributed by atoms with Crippen LogP contribution in [0.5, 0.6) is 0 Å². The van der Waals surface area contributed by atoms with E-state index in [0.29, 0.717) is 5.92 Å². The topological polar surface area (TPSA) is 42.5 Å². The van der Waals surface area contributed by atoms with E-state index in [4.69, 9.17) is 9.47 Å². The van der Waals surface area contributed by atoms with E-state index in [2.05, 4.69) is 35.9 Å². The lowest BCUT2D eigenvalue weighted by atomic mass is 9.97. The highest BCUT2D eigenvalue weighted by atomic mass is 32.1. The zero-order chi connectivity index (χ0) is 18.8. The van der Waals surface area contributed by atoms with Crippen LogP contribution in [0, 0.1) is 6.92 Å². The predicted molar refractivity (Wildman–Crippen MR) is 113 cm³/mol. The molecule has 4 heterocycles. The summed E-state index contributed by atoms with van der Waals surface area (Å²) in [6.45, 7) is 8.78. The van der Waals surface area contributed by atoms with Gasteiger partial charge >= 0.3 is 0 Å². The van der Waals surface area contributed by atoms with E-state index < -0.39 is 0 Å². The fraction of sp³-hybridized carbons (Fsp3) is 0.619. The summed E-state index contributed by atoms with van der Waals surface area (Å²) in [6, 6.07) is 2.36. The van der Waals surface area contributed by atoms with Crippen molar-refractivity contribution in [2.24, 2.45) is 0 Å². The lowest BCUT2D eigenvalue weighted by molar-refractivity contribution is 0.0260. The molecule has 6 heteroatoms. The molecule has 0 spiro atoms. The molecule has 27 heavy (non-hydrogen) atoms. The largest absolute Gasteiger partial charge is 0.372 e. The van der Waals surface area contributed by atoms with E-state index in [-0.39, 0.29) is 12.2 Å². The Kier molecular flexibility index (Phi) is 6.31. The van der Waals surface area contributed by atoms with E-state index in [1.807, 2.05) is 29.7 Å². The standard InChI is InChI=1S/C21H30N2O2S2/c1-4-15-7-16-17(9-22-3)25-11-14(21(16)27-15)8-23-10-18-20-13(2)12-26-19(20)5-6-24-18/h7,12,14,17-18,22-23H,4-6,8-11H2,1-3H3/t14?,17-,18?/m0/s1. The smallest absolute Gasteiger partial charge is 0.0962 e. The normalized spacial score (nSPS) is 24.6. The Bertz CT molecular complexity index is 770.